The summed E-state index contributed by atoms with van der Waals surface area (Å²) in [6.07, 6.45) is 9.11. The van der Waals surface area contributed by atoms with Crippen LogP contribution in [0.1, 0.15) is 116 Å². The second-order valence-electron chi connectivity index (χ2n) is 16.4. The molecule has 0 aromatic heterocycles. The van der Waals surface area contributed by atoms with Crippen LogP contribution >= 0.6 is 15.9 Å². The van der Waals surface area contributed by atoms with Crippen LogP contribution in [0.3, 0.4) is 0 Å². The third kappa shape index (κ3) is 16.7. The summed E-state index contributed by atoms with van der Waals surface area (Å²) in [7, 11) is 0. The number of nitrogens with one attached hydrogen (secondary N) is 3. The molecule has 4 rings (SSSR count). The van der Waals surface area contributed by atoms with E-state index in [1.807, 2.05) is 45.0 Å². The van der Waals surface area contributed by atoms with Gasteiger partial charge in [0.05, 0.1) is 12.5 Å². The molecule has 0 spiro atoms. The fraction of sp³-hybridized carbons (Fsp3) is 0.614. The number of hydrogen-bond acceptors (Lipinski definition) is 9. The molecule has 2 fully saturated rings. The van der Waals surface area contributed by atoms with Gasteiger partial charge in [-0.2, -0.15) is 0 Å². The highest BCUT2D eigenvalue weighted by molar-refractivity contribution is 9.10. The minimum Gasteiger partial charge on any atom is -0.465 e. The molecule has 2 saturated carbocycles. The molecule has 314 valence electrons. The van der Waals surface area contributed by atoms with Crippen LogP contribution < -0.4 is 20.7 Å². The van der Waals surface area contributed by atoms with E-state index in [1.54, 1.807) is 24.3 Å². The quantitative estimate of drug-likeness (QED) is 0.0578. The summed E-state index contributed by atoms with van der Waals surface area (Å²) in [6.45, 7) is 9.07. The van der Waals surface area contributed by atoms with Gasteiger partial charge in [0.2, 0.25) is 11.8 Å². The van der Waals surface area contributed by atoms with Gasteiger partial charge in [0.1, 0.15) is 24.0 Å². The third-order valence-electron chi connectivity index (χ3n) is 10.6. The summed E-state index contributed by atoms with van der Waals surface area (Å²) in [4.78, 5) is 64.5. The summed E-state index contributed by atoms with van der Waals surface area (Å²) in [5.74, 6) is -0.160. The van der Waals surface area contributed by atoms with Crippen molar-refractivity contribution in [2.24, 2.45) is 23.7 Å². The largest absolute Gasteiger partial charge is 0.514 e. The fourth-order valence-corrected chi connectivity index (χ4v) is 7.67. The first kappa shape index (κ1) is 45.6. The Morgan fingerprint density at radius 2 is 1.40 bits per heavy atom. The van der Waals surface area contributed by atoms with Gasteiger partial charge in [-0.15, -0.1) is 0 Å². The second-order valence-corrected chi connectivity index (χ2v) is 17.3. The molecule has 1 atom stereocenters. The molecule has 2 aliphatic carbocycles. The number of ether oxygens (including phenoxy) is 4. The highest BCUT2D eigenvalue weighted by Gasteiger charge is 2.32. The van der Waals surface area contributed by atoms with Crippen LogP contribution in [0.25, 0.3) is 0 Å². The van der Waals surface area contributed by atoms with Crippen LogP contribution in [-0.2, 0) is 41.6 Å². The Morgan fingerprint density at radius 3 is 2.04 bits per heavy atom. The van der Waals surface area contributed by atoms with Gasteiger partial charge in [-0.1, -0.05) is 72.4 Å². The van der Waals surface area contributed by atoms with Gasteiger partial charge in [-0.05, 0) is 114 Å². The van der Waals surface area contributed by atoms with Crippen LogP contribution in [0, 0.1) is 23.7 Å². The number of carbonyl (C=O) groups excluding carboxylic acids is 5. The fourth-order valence-electron chi connectivity index (χ4n) is 7.27. The molecule has 0 bridgehead atoms. The molecule has 13 heteroatoms. The monoisotopic (exact) mass is 855 g/mol. The highest BCUT2D eigenvalue weighted by Crippen LogP contribution is 2.31. The van der Waals surface area contributed by atoms with Gasteiger partial charge in [0.15, 0.2) is 0 Å². The number of benzene rings is 2. The van der Waals surface area contributed by atoms with Crippen molar-refractivity contribution < 1.29 is 42.9 Å². The summed E-state index contributed by atoms with van der Waals surface area (Å²) < 4.78 is 22.3. The maximum Gasteiger partial charge on any atom is 0.514 e. The van der Waals surface area contributed by atoms with E-state index < -0.39 is 23.9 Å². The molecular formula is C44H62BrN3O9. The van der Waals surface area contributed by atoms with Crippen molar-refractivity contribution >= 4 is 46.0 Å². The molecule has 3 amide bonds. The Balaban J connectivity index is 1.30. The Morgan fingerprint density at radius 1 is 0.772 bits per heavy atom. The molecule has 3 N–H and O–H groups in total. The lowest BCUT2D eigenvalue weighted by atomic mass is 9.81. The van der Waals surface area contributed by atoms with E-state index in [4.69, 9.17) is 18.9 Å². The zero-order chi connectivity index (χ0) is 41.2. The van der Waals surface area contributed by atoms with Crippen LogP contribution in [0.15, 0.2) is 53.0 Å². The highest BCUT2D eigenvalue weighted by atomic mass is 79.9. The number of rotatable bonds is 18. The number of unbranched alkanes of at least 4 members (excludes halogenated alkanes) is 3. The van der Waals surface area contributed by atoms with Crippen LogP contribution in [-0.4, -0.2) is 61.4 Å². The number of hydrogen-bond donors (Lipinski definition) is 3. The summed E-state index contributed by atoms with van der Waals surface area (Å²) in [5.41, 5.74) is 1.01. The lowest BCUT2D eigenvalue weighted by Gasteiger charge is -2.30. The van der Waals surface area contributed by atoms with E-state index in [0.29, 0.717) is 32.5 Å². The predicted molar refractivity (Wildman–Crippen MR) is 220 cm³/mol. The number of amides is 3. The second kappa shape index (κ2) is 23.3. The van der Waals surface area contributed by atoms with Crippen LogP contribution in [0.5, 0.6) is 5.75 Å². The van der Waals surface area contributed by atoms with E-state index in [9.17, 15) is 24.0 Å². The van der Waals surface area contributed by atoms with Crippen LogP contribution in [0.2, 0.25) is 0 Å². The van der Waals surface area contributed by atoms with Crippen LogP contribution in [0.4, 0.5) is 9.59 Å². The maximum absolute atomic E-state index is 13.8. The Bertz CT molecular complexity index is 1600. The third-order valence-corrected chi connectivity index (χ3v) is 11.4. The molecule has 12 nitrogen and oxygen atoms in total. The van der Waals surface area contributed by atoms with Crippen molar-refractivity contribution in [3.05, 3.63) is 64.1 Å². The lowest BCUT2D eigenvalue weighted by molar-refractivity contribution is -0.150. The first-order valence-corrected chi connectivity index (χ1v) is 21.5. The number of alkyl carbamates (subject to hydrolysis) is 1. The van der Waals surface area contributed by atoms with Gasteiger partial charge >= 0.3 is 18.2 Å². The number of esters is 1. The van der Waals surface area contributed by atoms with Crippen molar-refractivity contribution in [2.75, 3.05) is 19.7 Å². The summed E-state index contributed by atoms with van der Waals surface area (Å²) in [6, 6.07) is 13.4. The zero-order valence-electron chi connectivity index (χ0n) is 34.1. The molecule has 0 heterocycles. The maximum atomic E-state index is 13.8. The molecule has 2 aliphatic rings. The van der Waals surface area contributed by atoms with Gasteiger partial charge in [0, 0.05) is 35.5 Å². The average molecular weight is 857 g/mol. The normalized spacial score (nSPS) is 20.0. The number of halogens is 1. The molecule has 0 aliphatic heterocycles. The van der Waals surface area contributed by atoms with Gasteiger partial charge < -0.3 is 34.9 Å². The average Bonchev–Trinajstić information content (AvgIpc) is 3.19. The van der Waals surface area contributed by atoms with E-state index in [0.717, 1.165) is 79.8 Å². The smallest absolute Gasteiger partial charge is 0.465 e. The summed E-state index contributed by atoms with van der Waals surface area (Å²) >= 11 is 3.44. The Kier molecular flexibility index (Phi) is 18.6. The Labute approximate surface area is 346 Å². The van der Waals surface area contributed by atoms with E-state index in [-0.39, 0.29) is 60.2 Å². The molecule has 2 aromatic rings. The van der Waals surface area contributed by atoms with Crippen molar-refractivity contribution in [3.63, 3.8) is 0 Å². The van der Waals surface area contributed by atoms with Crippen molar-refractivity contribution in [1.29, 1.82) is 0 Å². The molecule has 2 aromatic carbocycles. The molecule has 0 radical (unpaired) electrons. The number of carbonyl (C=O) groups is 5. The molecule has 0 saturated heterocycles. The topological polar surface area (TPSA) is 158 Å². The van der Waals surface area contributed by atoms with E-state index >= 15 is 0 Å². The molecule has 57 heavy (non-hydrogen) atoms. The Hall–Kier alpha value is -4.13. The minimum atomic E-state index is -0.841. The minimum absolute atomic E-state index is 0.0482. The van der Waals surface area contributed by atoms with Gasteiger partial charge in [0.25, 0.3) is 0 Å². The first-order chi connectivity index (χ1) is 27.3. The standard InChI is InChI=1S/C44H62BrN3O9/c1-5-6-7-10-25-54-41(51)34-21-15-31(16-22-34)27-46-40(50)38(48-39(49)33-19-13-32(14-20-33)28-47-42(52)57-44(2,3)4)26-30-17-23-36(24-18-30)56-43(53)55-29-35-11-8-9-12-37(35)45/h8-9,11-12,17-18,23-24,31-34,38H,5-7,10,13-16,19-22,25-29H2,1-4H3,(H,46,50)(H,47,52)(H,48,49)/t31?,32?,33?,34?,38-/m0/s1. The van der Waals surface area contributed by atoms with Crippen molar-refractivity contribution in [3.8, 4) is 5.75 Å². The van der Waals surface area contributed by atoms with Crippen molar-refractivity contribution in [2.45, 2.75) is 129 Å². The van der Waals surface area contributed by atoms with Crippen molar-refractivity contribution in [1.82, 2.24) is 16.0 Å². The van der Waals surface area contributed by atoms with E-state index in [2.05, 4.69) is 38.8 Å². The lowest BCUT2D eigenvalue weighted by Crippen LogP contribution is -2.51. The molecule has 0 unspecified atom stereocenters. The zero-order valence-corrected chi connectivity index (χ0v) is 35.7. The van der Waals surface area contributed by atoms with Gasteiger partial charge in [-0.3, -0.25) is 14.4 Å². The molecular weight excluding hydrogens is 794 g/mol. The van der Waals surface area contributed by atoms with E-state index in [1.165, 1.54) is 0 Å². The SMILES string of the molecule is CCCCCCOC(=O)C1CCC(CNC(=O)[C@H](Cc2ccc(OC(=O)OCc3ccccc3Br)cc2)NC(=O)C2CCC(CNC(=O)OC(C)(C)C)CC2)CC1. The first-order valence-electron chi connectivity index (χ1n) is 20.7. The predicted octanol–water partition coefficient (Wildman–Crippen LogP) is 8.57. The van der Waals surface area contributed by atoms with Gasteiger partial charge in [-0.25, -0.2) is 9.59 Å². The summed E-state index contributed by atoms with van der Waals surface area (Å²) in [5, 5.41) is 8.97.